The zero-order valence-corrected chi connectivity index (χ0v) is 43.1. The molecule has 0 saturated carbocycles. The Labute approximate surface area is 466 Å². The van der Waals surface area contributed by atoms with Crippen molar-refractivity contribution in [1.82, 2.24) is 39.0 Å². The summed E-state index contributed by atoms with van der Waals surface area (Å²) in [5, 5.41) is 25.4. The molecule has 0 saturated heterocycles. The highest BCUT2D eigenvalue weighted by Crippen LogP contribution is 2.44. The Balaban J connectivity index is 1.07. The predicted octanol–water partition coefficient (Wildman–Crippen LogP) is 16.7. The second-order valence-electron chi connectivity index (χ2n) is 19.6. The van der Waals surface area contributed by atoms with Crippen molar-refractivity contribution in [3.8, 4) is 103 Å². The van der Waals surface area contributed by atoms with Crippen molar-refractivity contribution in [3.63, 3.8) is 0 Å². The molecule has 0 fully saturated rings. The van der Waals surface area contributed by atoms with Crippen LogP contribution in [0.4, 0.5) is 13.2 Å². The quantitative estimate of drug-likeness (QED) is 0.139. The molecule has 10 aromatic carbocycles. The second kappa shape index (κ2) is 19.8. The van der Waals surface area contributed by atoms with Crippen LogP contribution in [0.5, 0.6) is 0 Å². The van der Waals surface area contributed by atoms with Gasteiger partial charge in [-0.15, -0.1) is 0 Å². The van der Waals surface area contributed by atoms with Crippen LogP contribution in [0.15, 0.2) is 237 Å². The molecule has 0 aliphatic heterocycles. The number of rotatable bonds is 9. The Morgan fingerprint density at radius 2 is 0.646 bits per heavy atom. The molecule has 0 aliphatic rings. The van der Waals surface area contributed by atoms with E-state index >= 15 is 0 Å². The number of nitrogens with zero attached hydrogens (tertiary/aromatic N) is 10. The highest BCUT2D eigenvalue weighted by atomic mass is 19.4. The molecule has 0 aliphatic carbocycles. The zero-order chi connectivity index (χ0) is 55.5. The van der Waals surface area contributed by atoms with E-state index in [0.717, 1.165) is 78.0 Å². The molecule has 0 spiro atoms. The Morgan fingerprint density at radius 3 is 1.04 bits per heavy atom. The molecular formula is C69H39F3N10. The third-order valence-corrected chi connectivity index (χ3v) is 14.7. The van der Waals surface area contributed by atoms with Gasteiger partial charge in [-0.3, -0.25) is 0 Å². The van der Waals surface area contributed by atoms with Crippen molar-refractivity contribution < 1.29 is 13.2 Å². The average Bonchev–Trinajstić information content (AvgIpc) is 2.68. The van der Waals surface area contributed by atoms with Gasteiger partial charge in [0.05, 0.1) is 62.3 Å². The summed E-state index contributed by atoms with van der Waals surface area (Å²) in [6, 6.07) is 78.1. The van der Waals surface area contributed by atoms with Gasteiger partial charge in [0.15, 0.2) is 34.9 Å². The monoisotopic (exact) mass is 1060 g/mol. The molecule has 0 bridgehead atoms. The van der Waals surface area contributed by atoms with Gasteiger partial charge in [-0.25, -0.2) is 29.9 Å². The zero-order valence-electron chi connectivity index (χ0n) is 43.1. The fraction of sp³-hybridized carbons (Fsp3) is 0.0145. The Morgan fingerprint density at radius 1 is 0.305 bits per heavy atom. The number of benzene rings is 10. The fourth-order valence-corrected chi connectivity index (χ4v) is 10.9. The van der Waals surface area contributed by atoms with Gasteiger partial charge in [0.2, 0.25) is 0 Å². The minimum Gasteiger partial charge on any atom is -0.307 e. The molecule has 14 aromatic rings. The molecule has 4 aromatic heterocycles. The number of halogens is 3. The van der Waals surface area contributed by atoms with Gasteiger partial charge >= 0.3 is 6.18 Å². The van der Waals surface area contributed by atoms with E-state index in [0.29, 0.717) is 57.4 Å². The van der Waals surface area contributed by atoms with E-state index in [-0.39, 0.29) is 22.3 Å². The molecule has 82 heavy (non-hydrogen) atoms. The predicted molar refractivity (Wildman–Crippen MR) is 314 cm³/mol. The third-order valence-electron chi connectivity index (χ3n) is 14.7. The SMILES string of the molecule is N#Cc1cc(C(F)(F)F)ccc1-c1cc(-n2c3ccccc3c3ccc(-c4nc(-c5ccccc5)nc(-c5ccccc5)n4)cc32)c(-n2c3ccccc3c3ccc(-c4nc(-c5ccccc5)nc(-c5ccccc5)n4)cc32)cc1C#N. The van der Waals surface area contributed by atoms with Crippen LogP contribution in [0.25, 0.3) is 134 Å². The molecular weight excluding hydrogens is 1030 g/mol. The summed E-state index contributed by atoms with van der Waals surface area (Å²) in [7, 11) is 0. The summed E-state index contributed by atoms with van der Waals surface area (Å²) in [6.07, 6.45) is -4.72. The normalized spacial score (nSPS) is 11.6. The van der Waals surface area contributed by atoms with Gasteiger partial charge in [-0.2, -0.15) is 23.7 Å². The van der Waals surface area contributed by atoms with Crippen LogP contribution in [0.3, 0.4) is 0 Å². The number of aromatic nitrogens is 8. The Bertz CT molecular complexity index is 4810. The van der Waals surface area contributed by atoms with Gasteiger partial charge < -0.3 is 9.13 Å². The van der Waals surface area contributed by atoms with Crippen LogP contribution >= 0.6 is 0 Å². The van der Waals surface area contributed by atoms with Crippen LogP contribution in [-0.2, 0) is 6.18 Å². The first-order valence-electron chi connectivity index (χ1n) is 26.2. The highest BCUT2D eigenvalue weighted by molar-refractivity contribution is 6.13. The standard InChI is InChI=1S/C69H39F3N10/c70-69(71,72)50-31-34-51(48(35-50)40-73)56-39-62(82-58-28-16-14-26-53(58)55-33-30-47(37-60(55)82)68-79-65(44-21-9-3-10-22-44)76-66(80-68)45-23-11-4-12-24-45)61(38-49(56)41-74)81-57-27-15-13-25-52(57)54-32-29-46(36-59(54)81)67-77-63(42-17-5-1-6-18-42)75-64(78-67)43-19-7-2-8-20-43/h1-39H. The number of nitriles is 2. The van der Waals surface area contributed by atoms with Crippen molar-refractivity contribution >= 4 is 43.6 Å². The van der Waals surface area contributed by atoms with E-state index < -0.39 is 11.7 Å². The van der Waals surface area contributed by atoms with Gasteiger partial charge in [0.1, 0.15) is 0 Å². The van der Waals surface area contributed by atoms with E-state index in [1.165, 1.54) is 6.07 Å². The lowest BCUT2D eigenvalue weighted by atomic mass is 9.93. The topological polar surface area (TPSA) is 135 Å². The lowest BCUT2D eigenvalue weighted by molar-refractivity contribution is -0.137. The van der Waals surface area contributed by atoms with E-state index in [9.17, 15) is 23.7 Å². The molecule has 13 heteroatoms. The van der Waals surface area contributed by atoms with Crippen LogP contribution < -0.4 is 0 Å². The maximum atomic E-state index is 14.3. The maximum Gasteiger partial charge on any atom is 0.416 e. The first-order valence-corrected chi connectivity index (χ1v) is 26.2. The first kappa shape index (κ1) is 48.9. The molecule has 386 valence electrons. The third kappa shape index (κ3) is 8.54. The molecule has 14 rings (SSSR count). The van der Waals surface area contributed by atoms with Crippen molar-refractivity contribution in [1.29, 1.82) is 10.5 Å². The smallest absolute Gasteiger partial charge is 0.307 e. The van der Waals surface area contributed by atoms with Crippen LogP contribution in [0.2, 0.25) is 0 Å². The summed E-state index contributed by atoms with van der Waals surface area (Å²) in [5.74, 6) is 2.84. The van der Waals surface area contributed by atoms with Crippen LogP contribution in [0.1, 0.15) is 16.7 Å². The van der Waals surface area contributed by atoms with E-state index in [1.54, 1.807) is 6.07 Å². The first-order chi connectivity index (χ1) is 40.2. The summed E-state index contributed by atoms with van der Waals surface area (Å²) in [5.41, 5.74) is 8.17. The van der Waals surface area contributed by atoms with E-state index in [2.05, 4.69) is 15.2 Å². The van der Waals surface area contributed by atoms with E-state index in [4.69, 9.17) is 29.9 Å². The van der Waals surface area contributed by atoms with Crippen LogP contribution in [-0.4, -0.2) is 39.0 Å². The molecule has 0 radical (unpaired) electrons. The molecule has 0 unspecified atom stereocenters. The van der Waals surface area contributed by atoms with Crippen molar-refractivity contribution in [3.05, 3.63) is 253 Å². The minimum atomic E-state index is -4.72. The van der Waals surface area contributed by atoms with Gasteiger partial charge in [-0.05, 0) is 48.5 Å². The minimum absolute atomic E-state index is 0.128. The van der Waals surface area contributed by atoms with Crippen molar-refractivity contribution in [2.45, 2.75) is 6.18 Å². The summed E-state index contributed by atoms with van der Waals surface area (Å²) >= 11 is 0. The van der Waals surface area contributed by atoms with Crippen molar-refractivity contribution in [2.75, 3.05) is 0 Å². The molecule has 0 amide bonds. The lowest BCUT2D eigenvalue weighted by Crippen LogP contribution is -2.07. The number of hydrogen-bond acceptors (Lipinski definition) is 8. The molecule has 0 atom stereocenters. The summed E-state index contributed by atoms with van der Waals surface area (Å²) in [6.45, 7) is 0. The van der Waals surface area contributed by atoms with Gasteiger partial charge in [-0.1, -0.05) is 188 Å². The van der Waals surface area contributed by atoms with Gasteiger partial charge in [0, 0.05) is 66.1 Å². The summed E-state index contributed by atoms with van der Waals surface area (Å²) in [4.78, 5) is 30.3. The largest absolute Gasteiger partial charge is 0.416 e. The maximum absolute atomic E-state index is 14.3. The Kier molecular flexibility index (Phi) is 11.8. The number of hydrogen-bond donors (Lipinski definition) is 0. The number of para-hydroxylation sites is 2. The average molecular weight is 1070 g/mol. The lowest BCUT2D eigenvalue weighted by Gasteiger charge is -2.20. The molecule has 10 nitrogen and oxygen atoms in total. The number of fused-ring (bicyclic) bond motifs is 6. The molecule has 0 N–H and O–H groups in total. The highest BCUT2D eigenvalue weighted by Gasteiger charge is 2.32. The van der Waals surface area contributed by atoms with Crippen LogP contribution in [0, 0.1) is 22.7 Å². The van der Waals surface area contributed by atoms with Crippen molar-refractivity contribution in [2.24, 2.45) is 0 Å². The number of alkyl halides is 3. The summed E-state index contributed by atoms with van der Waals surface area (Å²) < 4.78 is 47.1. The fourth-order valence-electron chi connectivity index (χ4n) is 10.9. The molecule has 4 heterocycles. The van der Waals surface area contributed by atoms with Gasteiger partial charge in [0.25, 0.3) is 0 Å². The second-order valence-corrected chi connectivity index (χ2v) is 19.6. The Hall–Kier alpha value is -11.4. The van der Waals surface area contributed by atoms with E-state index in [1.807, 2.05) is 218 Å².